The smallest absolute Gasteiger partial charge is 0.339 e. The van der Waals surface area contributed by atoms with Crippen molar-refractivity contribution in [1.29, 1.82) is 0 Å². The molecule has 0 saturated carbocycles. The van der Waals surface area contributed by atoms with Gasteiger partial charge < -0.3 is 18.5 Å². The number of aryl methyl sites for hydroxylation is 1. The van der Waals surface area contributed by atoms with Gasteiger partial charge in [-0.2, -0.15) is 8.42 Å². The van der Waals surface area contributed by atoms with Crippen LogP contribution < -0.4 is 8.92 Å². The van der Waals surface area contributed by atoms with E-state index in [2.05, 4.69) is 0 Å². The number of hydrogen-bond acceptors (Lipinski definition) is 6. The van der Waals surface area contributed by atoms with Gasteiger partial charge in [0.2, 0.25) is 0 Å². The van der Waals surface area contributed by atoms with Crippen molar-refractivity contribution in [2.75, 3.05) is 20.3 Å². The number of carbonyl (C=O) groups excluding carboxylic acids is 1. The summed E-state index contributed by atoms with van der Waals surface area (Å²) < 4.78 is 41.6. The van der Waals surface area contributed by atoms with Gasteiger partial charge in [-0.05, 0) is 49.1 Å². The molecule has 1 unspecified atom stereocenters. The standard InChI is InChI=1S/C23H30O6S/c1-17(2)20(16-24)14-19-8-11-22(23(15-19)28-13-5-12-27-4)29-30(25,26)21-9-6-18(3)7-10-21/h6-11,15-17,20H,5,12-14H2,1-4H3. The van der Waals surface area contributed by atoms with Crippen molar-refractivity contribution >= 4 is 16.4 Å². The number of methoxy groups -OCH3 is 1. The Hall–Kier alpha value is -2.38. The first-order valence-corrected chi connectivity index (χ1v) is 11.4. The summed E-state index contributed by atoms with van der Waals surface area (Å²) in [5.74, 6) is 0.512. The Morgan fingerprint density at radius 2 is 1.70 bits per heavy atom. The molecular formula is C23H30O6S. The molecule has 0 aliphatic carbocycles. The summed E-state index contributed by atoms with van der Waals surface area (Å²) in [6, 6.07) is 11.5. The molecule has 2 aromatic carbocycles. The maximum absolute atomic E-state index is 12.7. The minimum absolute atomic E-state index is 0.0725. The molecule has 0 aliphatic heterocycles. The van der Waals surface area contributed by atoms with Gasteiger partial charge in [-0.15, -0.1) is 0 Å². The average molecular weight is 435 g/mol. The zero-order valence-electron chi connectivity index (χ0n) is 18.0. The van der Waals surface area contributed by atoms with Gasteiger partial charge in [0.25, 0.3) is 0 Å². The molecule has 0 saturated heterocycles. The van der Waals surface area contributed by atoms with Crippen molar-refractivity contribution in [3.63, 3.8) is 0 Å². The van der Waals surface area contributed by atoms with Gasteiger partial charge in [-0.1, -0.05) is 37.6 Å². The molecule has 164 valence electrons. The van der Waals surface area contributed by atoms with E-state index in [9.17, 15) is 13.2 Å². The number of ether oxygens (including phenoxy) is 2. The quantitative estimate of drug-likeness (QED) is 0.283. The van der Waals surface area contributed by atoms with Gasteiger partial charge >= 0.3 is 10.1 Å². The molecular weight excluding hydrogens is 404 g/mol. The summed E-state index contributed by atoms with van der Waals surface area (Å²) in [6.07, 6.45) is 2.14. The SMILES string of the molecule is COCCCOc1cc(CC(C=O)C(C)C)ccc1OS(=O)(=O)c1ccc(C)cc1. The van der Waals surface area contributed by atoms with Crippen LogP contribution >= 0.6 is 0 Å². The number of aldehydes is 1. The molecule has 0 aliphatic rings. The second kappa shape index (κ2) is 11.1. The van der Waals surface area contributed by atoms with E-state index in [-0.39, 0.29) is 22.5 Å². The normalized spacial score (nSPS) is 12.6. The Morgan fingerprint density at radius 3 is 2.30 bits per heavy atom. The molecule has 0 fully saturated rings. The predicted octanol–water partition coefficient (Wildman–Crippen LogP) is 4.19. The minimum atomic E-state index is -4.00. The van der Waals surface area contributed by atoms with E-state index in [0.717, 1.165) is 17.4 Å². The summed E-state index contributed by atoms with van der Waals surface area (Å²) in [6.45, 7) is 6.74. The summed E-state index contributed by atoms with van der Waals surface area (Å²) in [4.78, 5) is 11.4. The van der Waals surface area contributed by atoms with Gasteiger partial charge in [0.05, 0.1) is 6.61 Å². The van der Waals surface area contributed by atoms with Crippen LogP contribution in [-0.4, -0.2) is 35.0 Å². The van der Waals surface area contributed by atoms with Gasteiger partial charge in [-0.3, -0.25) is 0 Å². The fourth-order valence-corrected chi connectivity index (χ4v) is 3.77. The lowest BCUT2D eigenvalue weighted by molar-refractivity contribution is -0.112. The lowest BCUT2D eigenvalue weighted by Gasteiger charge is -2.17. The van der Waals surface area contributed by atoms with Crippen molar-refractivity contribution in [2.24, 2.45) is 11.8 Å². The van der Waals surface area contributed by atoms with Crippen molar-refractivity contribution in [3.05, 3.63) is 53.6 Å². The molecule has 0 heterocycles. The fraction of sp³-hybridized carbons (Fsp3) is 0.435. The highest BCUT2D eigenvalue weighted by molar-refractivity contribution is 7.87. The van der Waals surface area contributed by atoms with Crippen LogP contribution in [0.5, 0.6) is 11.5 Å². The molecule has 7 heteroatoms. The van der Waals surface area contributed by atoms with E-state index in [1.807, 2.05) is 20.8 Å². The fourth-order valence-electron chi connectivity index (χ4n) is 2.83. The Kier molecular flexibility index (Phi) is 8.87. The summed E-state index contributed by atoms with van der Waals surface area (Å²) >= 11 is 0. The van der Waals surface area contributed by atoms with Gasteiger partial charge in [0.15, 0.2) is 11.5 Å². The summed E-state index contributed by atoms with van der Waals surface area (Å²) in [7, 11) is -2.40. The van der Waals surface area contributed by atoms with Crippen LogP contribution in [0.15, 0.2) is 47.4 Å². The third-order valence-electron chi connectivity index (χ3n) is 4.77. The zero-order chi connectivity index (χ0) is 22.1. The van der Waals surface area contributed by atoms with Crippen LogP contribution in [0, 0.1) is 18.8 Å². The highest BCUT2D eigenvalue weighted by atomic mass is 32.2. The van der Waals surface area contributed by atoms with E-state index >= 15 is 0 Å². The van der Waals surface area contributed by atoms with Crippen LogP contribution in [0.4, 0.5) is 0 Å². The van der Waals surface area contributed by atoms with Crippen LogP contribution in [-0.2, 0) is 26.1 Å². The highest BCUT2D eigenvalue weighted by Gasteiger charge is 2.20. The minimum Gasteiger partial charge on any atom is -0.490 e. The lowest BCUT2D eigenvalue weighted by Crippen LogP contribution is -2.14. The maximum Gasteiger partial charge on any atom is 0.339 e. The average Bonchev–Trinajstić information content (AvgIpc) is 2.70. The van der Waals surface area contributed by atoms with E-state index in [1.54, 1.807) is 37.4 Å². The van der Waals surface area contributed by atoms with Crippen LogP contribution in [0.1, 0.15) is 31.4 Å². The van der Waals surface area contributed by atoms with Crippen LogP contribution in [0.2, 0.25) is 0 Å². The molecule has 0 N–H and O–H groups in total. The third-order valence-corrected chi connectivity index (χ3v) is 6.02. The molecule has 6 nitrogen and oxygen atoms in total. The molecule has 0 bridgehead atoms. The van der Waals surface area contributed by atoms with Crippen molar-refractivity contribution < 1.29 is 26.9 Å². The van der Waals surface area contributed by atoms with Crippen molar-refractivity contribution in [2.45, 2.75) is 38.5 Å². The molecule has 0 spiro atoms. The Balaban J connectivity index is 2.29. The van der Waals surface area contributed by atoms with Crippen molar-refractivity contribution in [3.8, 4) is 11.5 Å². The number of benzene rings is 2. The number of carbonyl (C=O) groups is 1. The molecule has 1 atom stereocenters. The van der Waals surface area contributed by atoms with Gasteiger partial charge in [0.1, 0.15) is 11.2 Å². The highest BCUT2D eigenvalue weighted by Crippen LogP contribution is 2.32. The number of rotatable bonds is 12. The zero-order valence-corrected chi connectivity index (χ0v) is 18.8. The first kappa shape index (κ1) is 23.9. The maximum atomic E-state index is 12.7. The first-order chi connectivity index (χ1) is 14.3. The lowest BCUT2D eigenvalue weighted by atomic mass is 9.90. The van der Waals surface area contributed by atoms with E-state index in [1.165, 1.54) is 12.1 Å². The molecule has 2 rings (SSSR count). The van der Waals surface area contributed by atoms with E-state index in [0.29, 0.717) is 31.8 Å². The topological polar surface area (TPSA) is 78.9 Å². The van der Waals surface area contributed by atoms with Crippen LogP contribution in [0.3, 0.4) is 0 Å². The summed E-state index contributed by atoms with van der Waals surface area (Å²) in [5, 5.41) is 0. The van der Waals surface area contributed by atoms with Gasteiger partial charge in [-0.25, -0.2) is 0 Å². The number of hydrogen-bond donors (Lipinski definition) is 0. The molecule has 0 radical (unpaired) electrons. The molecule has 30 heavy (non-hydrogen) atoms. The predicted molar refractivity (Wildman–Crippen MR) is 116 cm³/mol. The first-order valence-electron chi connectivity index (χ1n) is 9.98. The van der Waals surface area contributed by atoms with Gasteiger partial charge in [0, 0.05) is 26.1 Å². The van der Waals surface area contributed by atoms with Crippen molar-refractivity contribution in [1.82, 2.24) is 0 Å². The second-order valence-electron chi connectivity index (χ2n) is 7.57. The Labute approximate surface area is 179 Å². The largest absolute Gasteiger partial charge is 0.490 e. The molecule has 0 amide bonds. The third kappa shape index (κ3) is 6.85. The molecule has 2 aromatic rings. The Morgan fingerprint density at radius 1 is 1.00 bits per heavy atom. The summed E-state index contributed by atoms with van der Waals surface area (Å²) in [5.41, 5.74) is 1.83. The molecule has 0 aromatic heterocycles. The van der Waals surface area contributed by atoms with E-state index in [4.69, 9.17) is 13.7 Å². The van der Waals surface area contributed by atoms with E-state index < -0.39 is 10.1 Å². The monoisotopic (exact) mass is 434 g/mol. The second-order valence-corrected chi connectivity index (χ2v) is 9.12. The van der Waals surface area contributed by atoms with Crippen LogP contribution in [0.25, 0.3) is 0 Å². The Bertz CT molecular complexity index is 919.